The highest BCUT2D eigenvalue weighted by molar-refractivity contribution is 4.81. The van der Waals surface area contributed by atoms with Gasteiger partial charge in [0.05, 0.1) is 12.0 Å². The Bertz CT molecular complexity index is 125. The topological polar surface area (TPSA) is 42.2 Å². The Kier molecular flexibility index (Phi) is 5.81. The highest BCUT2D eigenvalue weighted by Crippen LogP contribution is 2.07. The van der Waals surface area contributed by atoms with Gasteiger partial charge in [-0.15, -0.1) is 0 Å². The smallest absolute Gasteiger partial charge is 0.172 e. The third-order valence-electron chi connectivity index (χ3n) is 1.27. The molecule has 64 valence electrons. The van der Waals surface area contributed by atoms with Crippen LogP contribution < -0.4 is 0 Å². The van der Waals surface area contributed by atoms with Gasteiger partial charge in [0.2, 0.25) is 0 Å². The fourth-order valence-corrected chi connectivity index (χ4v) is 0.726. The lowest BCUT2D eigenvalue weighted by molar-refractivity contribution is -0.152. The Morgan fingerprint density at radius 2 is 1.73 bits per heavy atom. The summed E-state index contributed by atoms with van der Waals surface area (Å²) in [7, 11) is 0. The van der Waals surface area contributed by atoms with Gasteiger partial charge in [-0.25, -0.2) is 0 Å². The Morgan fingerprint density at radius 3 is 2.00 bits per heavy atom. The molecule has 0 saturated carbocycles. The van der Waals surface area contributed by atoms with Crippen LogP contribution >= 0.6 is 0 Å². The lowest BCUT2D eigenvalue weighted by Crippen LogP contribution is -2.24. The monoisotopic (exact) mass is 157 g/mol. The van der Waals surface area contributed by atoms with Crippen molar-refractivity contribution in [1.82, 2.24) is 0 Å². The molecule has 1 unspecified atom stereocenters. The van der Waals surface area contributed by atoms with Crippen LogP contribution in [0.1, 0.15) is 20.8 Å². The third-order valence-corrected chi connectivity index (χ3v) is 1.27. The van der Waals surface area contributed by atoms with E-state index < -0.39 is 0 Å². The van der Waals surface area contributed by atoms with Crippen molar-refractivity contribution in [2.75, 3.05) is 13.2 Å². The maximum absolute atomic E-state index is 8.55. The van der Waals surface area contributed by atoms with Crippen LogP contribution in [0.2, 0.25) is 0 Å². The highest BCUT2D eigenvalue weighted by atomic mass is 16.7. The summed E-state index contributed by atoms with van der Waals surface area (Å²) in [5.74, 6) is -0.199. The van der Waals surface area contributed by atoms with Gasteiger partial charge in [0, 0.05) is 13.2 Å². The second-order valence-corrected chi connectivity index (χ2v) is 2.20. The van der Waals surface area contributed by atoms with Crippen molar-refractivity contribution >= 4 is 0 Å². The Balaban J connectivity index is 3.78. The minimum atomic E-state index is -0.366. The van der Waals surface area contributed by atoms with E-state index in [0.717, 1.165) is 0 Å². The van der Waals surface area contributed by atoms with Crippen molar-refractivity contribution in [3.05, 3.63) is 0 Å². The van der Waals surface area contributed by atoms with Gasteiger partial charge in [0.25, 0.3) is 0 Å². The molecule has 3 heteroatoms. The SMILES string of the molecule is CCOC(OCC)C(C)C#N. The normalized spacial score (nSPS) is 13.0. The zero-order valence-electron chi connectivity index (χ0n) is 7.33. The number of nitrogens with zero attached hydrogens (tertiary/aromatic N) is 1. The summed E-state index contributed by atoms with van der Waals surface area (Å²) in [6, 6.07) is 2.08. The van der Waals surface area contributed by atoms with Gasteiger partial charge in [-0.1, -0.05) is 0 Å². The molecule has 11 heavy (non-hydrogen) atoms. The van der Waals surface area contributed by atoms with Gasteiger partial charge in [-0.3, -0.25) is 0 Å². The van der Waals surface area contributed by atoms with Gasteiger partial charge in [-0.05, 0) is 20.8 Å². The molecular weight excluding hydrogens is 142 g/mol. The van der Waals surface area contributed by atoms with E-state index in [2.05, 4.69) is 6.07 Å². The van der Waals surface area contributed by atoms with Crippen LogP contribution in [-0.2, 0) is 9.47 Å². The average Bonchev–Trinajstić information content (AvgIpc) is 2.03. The molecule has 0 aromatic carbocycles. The summed E-state index contributed by atoms with van der Waals surface area (Å²) >= 11 is 0. The van der Waals surface area contributed by atoms with Crippen molar-refractivity contribution in [3.63, 3.8) is 0 Å². The van der Waals surface area contributed by atoms with Crippen LogP contribution in [0.4, 0.5) is 0 Å². The maximum Gasteiger partial charge on any atom is 0.172 e. The van der Waals surface area contributed by atoms with Crippen molar-refractivity contribution in [2.45, 2.75) is 27.1 Å². The van der Waals surface area contributed by atoms with Crippen LogP contribution in [0, 0.1) is 17.2 Å². The molecule has 0 spiro atoms. The van der Waals surface area contributed by atoms with Crippen LogP contribution in [0.5, 0.6) is 0 Å². The molecule has 1 atom stereocenters. The zero-order chi connectivity index (χ0) is 8.69. The van der Waals surface area contributed by atoms with Crippen molar-refractivity contribution < 1.29 is 9.47 Å². The summed E-state index contributed by atoms with van der Waals surface area (Å²) in [5.41, 5.74) is 0. The van der Waals surface area contributed by atoms with Crippen LogP contribution in [0.3, 0.4) is 0 Å². The van der Waals surface area contributed by atoms with E-state index in [0.29, 0.717) is 13.2 Å². The van der Waals surface area contributed by atoms with Crippen LogP contribution in [-0.4, -0.2) is 19.5 Å². The Hall–Kier alpha value is -0.590. The minimum Gasteiger partial charge on any atom is -0.352 e. The molecule has 0 amide bonds. The molecule has 0 aliphatic heterocycles. The molecule has 0 fully saturated rings. The minimum absolute atomic E-state index is 0.199. The summed E-state index contributed by atoms with van der Waals surface area (Å²) < 4.78 is 10.4. The molecule has 0 aliphatic rings. The lowest BCUT2D eigenvalue weighted by Gasteiger charge is -2.18. The predicted molar refractivity (Wildman–Crippen MR) is 41.8 cm³/mol. The number of hydrogen-bond donors (Lipinski definition) is 0. The third kappa shape index (κ3) is 3.97. The maximum atomic E-state index is 8.55. The van der Waals surface area contributed by atoms with Gasteiger partial charge in [-0.2, -0.15) is 5.26 Å². The van der Waals surface area contributed by atoms with Crippen LogP contribution in [0.25, 0.3) is 0 Å². The number of nitriles is 1. The molecule has 0 saturated heterocycles. The summed E-state index contributed by atoms with van der Waals surface area (Å²) in [6.45, 7) is 6.72. The van der Waals surface area contributed by atoms with E-state index >= 15 is 0 Å². The first-order valence-electron chi connectivity index (χ1n) is 3.89. The quantitative estimate of drug-likeness (QED) is 0.568. The van der Waals surface area contributed by atoms with E-state index in [1.165, 1.54) is 0 Å². The standard InChI is InChI=1S/C8H15NO2/c1-4-10-8(11-5-2)7(3)6-9/h7-8H,4-5H2,1-3H3. The fraction of sp³-hybridized carbons (Fsp3) is 0.875. The van der Waals surface area contributed by atoms with Crippen LogP contribution in [0.15, 0.2) is 0 Å². The lowest BCUT2D eigenvalue weighted by atomic mass is 10.2. The zero-order valence-corrected chi connectivity index (χ0v) is 7.33. The van der Waals surface area contributed by atoms with Gasteiger partial charge < -0.3 is 9.47 Å². The van der Waals surface area contributed by atoms with Crippen molar-refractivity contribution in [3.8, 4) is 6.07 Å². The first-order valence-corrected chi connectivity index (χ1v) is 3.89. The molecule has 0 N–H and O–H groups in total. The molecule has 0 radical (unpaired) electrons. The molecule has 0 heterocycles. The van der Waals surface area contributed by atoms with E-state index in [1.54, 1.807) is 6.92 Å². The number of ether oxygens (including phenoxy) is 2. The molecule has 0 bridgehead atoms. The van der Waals surface area contributed by atoms with E-state index in [1.807, 2.05) is 13.8 Å². The molecule has 0 aromatic heterocycles. The second-order valence-electron chi connectivity index (χ2n) is 2.20. The predicted octanol–water partition coefficient (Wildman–Crippen LogP) is 1.55. The molecule has 3 nitrogen and oxygen atoms in total. The van der Waals surface area contributed by atoms with E-state index in [9.17, 15) is 0 Å². The largest absolute Gasteiger partial charge is 0.352 e. The number of rotatable bonds is 5. The summed E-state index contributed by atoms with van der Waals surface area (Å²) in [6.07, 6.45) is -0.366. The average molecular weight is 157 g/mol. The van der Waals surface area contributed by atoms with Crippen molar-refractivity contribution in [2.24, 2.45) is 5.92 Å². The number of hydrogen-bond acceptors (Lipinski definition) is 3. The molecule has 0 aliphatic carbocycles. The van der Waals surface area contributed by atoms with Gasteiger partial charge in [0.1, 0.15) is 0 Å². The van der Waals surface area contributed by atoms with E-state index in [-0.39, 0.29) is 12.2 Å². The Morgan fingerprint density at radius 1 is 1.27 bits per heavy atom. The van der Waals surface area contributed by atoms with Crippen molar-refractivity contribution in [1.29, 1.82) is 5.26 Å². The molecule has 0 aromatic rings. The van der Waals surface area contributed by atoms with Gasteiger partial charge in [0.15, 0.2) is 6.29 Å². The molecule has 0 rings (SSSR count). The van der Waals surface area contributed by atoms with E-state index in [4.69, 9.17) is 14.7 Å². The Labute approximate surface area is 67.9 Å². The first kappa shape index (κ1) is 10.4. The van der Waals surface area contributed by atoms with Gasteiger partial charge >= 0.3 is 0 Å². The summed E-state index contributed by atoms with van der Waals surface area (Å²) in [4.78, 5) is 0. The summed E-state index contributed by atoms with van der Waals surface area (Å²) in [5, 5.41) is 8.55. The second kappa shape index (κ2) is 6.14. The first-order chi connectivity index (χ1) is 5.26. The fourth-order valence-electron chi connectivity index (χ4n) is 0.726. The molecular formula is C8H15NO2. The highest BCUT2D eigenvalue weighted by Gasteiger charge is 2.16.